The van der Waals surface area contributed by atoms with Crippen molar-refractivity contribution in [1.29, 1.82) is 0 Å². The molecule has 3 atom stereocenters. The second-order valence-electron chi connectivity index (χ2n) is 5.53. The number of hydrogen-bond donors (Lipinski definition) is 3. The largest absolute Gasteiger partial charge is 0.478 e. The molecule has 0 aromatic carbocycles. The highest BCUT2D eigenvalue weighted by Crippen LogP contribution is 2.29. The predicted octanol–water partition coefficient (Wildman–Crippen LogP) is 3.39. The van der Waals surface area contributed by atoms with E-state index >= 15 is 0 Å². The van der Waals surface area contributed by atoms with Crippen LogP contribution in [0.4, 0.5) is 9.80 Å². The van der Waals surface area contributed by atoms with Gasteiger partial charge in [0.1, 0.15) is 5.00 Å². The van der Waals surface area contributed by atoms with Gasteiger partial charge in [-0.3, -0.25) is 5.32 Å². The monoisotopic (exact) mass is 296 g/mol. The quantitative estimate of drug-likeness (QED) is 0.800. The van der Waals surface area contributed by atoms with Crippen LogP contribution >= 0.6 is 11.3 Å². The molecule has 0 radical (unpaired) electrons. The second kappa shape index (κ2) is 6.26. The van der Waals surface area contributed by atoms with Gasteiger partial charge in [0.2, 0.25) is 0 Å². The molecular formula is C14H20N2O3S. The fourth-order valence-corrected chi connectivity index (χ4v) is 3.35. The predicted molar refractivity (Wildman–Crippen MR) is 79.4 cm³/mol. The third-order valence-corrected chi connectivity index (χ3v) is 4.89. The van der Waals surface area contributed by atoms with Gasteiger partial charge in [-0.25, -0.2) is 9.59 Å². The van der Waals surface area contributed by atoms with Crippen LogP contribution in [0.1, 0.15) is 43.5 Å². The molecule has 2 rings (SSSR count). The normalized spacial score (nSPS) is 26.0. The molecule has 1 saturated carbocycles. The summed E-state index contributed by atoms with van der Waals surface area (Å²) in [6.07, 6.45) is 3.07. The van der Waals surface area contributed by atoms with Crippen molar-refractivity contribution in [3.05, 3.63) is 17.0 Å². The molecule has 0 aliphatic heterocycles. The molecule has 1 aromatic rings. The molecule has 5 nitrogen and oxygen atoms in total. The highest BCUT2D eigenvalue weighted by atomic mass is 32.1. The Kier molecular flexibility index (Phi) is 4.65. The summed E-state index contributed by atoms with van der Waals surface area (Å²) in [6.45, 7) is 4.45. The number of hydrogen-bond acceptors (Lipinski definition) is 3. The molecule has 1 heterocycles. The van der Waals surface area contributed by atoms with Gasteiger partial charge in [0.25, 0.3) is 0 Å². The van der Waals surface area contributed by atoms with Crippen LogP contribution in [0.3, 0.4) is 0 Å². The molecule has 0 saturated heterocycles. The van der Waals surface area contributed by atoms with Gasteiger partial charge in [-0.15, -0.1) is 11.3 Å². The molecule has 3 unspecified atom stereocenters. The minimum Gasteiger partial charge on any atom is -0.478 e. The highest BCUT2D eigenvalue weighted by Gasteiger charge is 2.25. The summed E-state index contributed by atoms with van der Waals surface area (Å²) in [5.74, 6) is 0.277. The Labute approximate surface area is 122 Å². The Morgan fingerprint density at radius 2 is 2.05 bits per heavy atom. The Balaban J connectivity index is 1.89. The molecule has 3 N–H and O–H groups in total. The van der Waals surface area contributed by atoms with Crippen molar-refractivity contribution in [2.75, 3.05) is 5.32 Å². The summed E-state index contributed by atoms with van der Waals surface area (Å²) in [5, 5.41) is 16.6. The van der Waals surface area contributed by atoms with E-state index in [1.165, 1.54) is 17.4 Å². The SMILES string of the molecule is CC1CCC(NC(=O)Nc2sccc2C(=O)O)CC1C. The maximum atomic E-state index is 11.9. The van der Waals surface area contributed by atoms with E-state index in [2.05, 4.69) is 24.5 Å². The third kappa shape index (κ3) is 3.50. The van der Waals surface area contributed by atoms with Crippen LogP contribution in [0.5, 0.6) is 0 Å². The number of nitrogens with one attached hydrogen (secondary N) is 2. The Bertz CT molecular complexity index is 500. The number of carboxylic acids is 1. The summed E-state index contributed by atoms with van der Waals surface area (Å²) in [4.78, 5) is 22.9. The first-order chi connectivity index (χ1) is 9.47. The fourth-order valence-electron chi connectivity index (χ4n) is 2.58. The van der Waals surface area contributed by atoms with E-state index in [0.717, 1.165) is 19.3 Å². The van der Waals surface area contributed by atoms with Crippen molar-refractivity contribution >= 4 is 28.3 Å². The van der Waals surface area contributed by atoms with Crippen LogP contribution < -0.4 is 10.6 Å². The summed E-state index contributed by atoms with van der Waals surface area (Å²) in [5.41, 5.74) is 0.135. The van der Waals surface area contributed by atoms with E-state index < -0.39 is 5.97 Å². The zero-order valence-corrected chi connectivity index (χ0v) is 12.5. The molecule has 1 fully saturated rings. The number of thiophene rings is 1. The maximum Gasteiger partial charge on any atom is 0.338 e. The van der Waals surface area contributed by atoms with Gasteiger partial charge in [-0.05, 0) is 42.5 Å². The summed E-state index contributed by atoms with van der Waals surface area (Å²) >= 11 is 1.22. The summed E-state index contributed by atoms with van der Waals surface area (Å²) in [6, 6.07) is 1.35. The van der Waals surface area contributed by atoms with Gasteiger partial charge in [0.05, 0.1) is 5.56 Å². The average Bonchev–Trinajstić information content (AvgIpc) is 2.82. The lowest BCUT2D eigenvalue weighted by Gasteiger charge is -2.32. The summed E-state index contributed by atoms with van der Waals surface area (Å²) < 4.78 is 0. The van der Waals surface area contributed by atoms with Gasteiger partial charge in [-0.2, -0.15) is 0 Å². The Morgan fingerprint density at radius 1 is 1.30 bits per heavy atom. The topological polar surface area (TPSA) is 78.4 Å². The molecule has 0 spiro atoms. The number of aromatic carboxylic acids is 1. The molecule has 20 heavy (non-hydrogen) atoms. The van der Waals surface area contributed by atoms with Crippen molar-refractivity contribution in [2.45, 2.75) is 39.2 Å². The molecule has 110 valence electrons. The van der Waals surface area contributed by atoms with Gasteiger partial charge in [0, 0.05) is 6.04 Å². The first-order valence-corrected chi connectivity index (χ1v) is 7.73. The molecule has 1 aromatic heterocycles. The highest BCUT2D eigenvalue weighted by molar-refractivity contribution is 7.14. The number of carbonyl (C=O) groups excluding carboxylic acids is 1. The lowest BCUT2D eigenvalue weighted by molar-refractivity contribution is 0.0698. The molecule has 6 heteroatoms. The molecule has 2 amide bonds. The Hall–Kier alpha value is -1.56. The first-order valence-electron chi connectivity index (χ1n) is 6.85. The lowest BCUT2D eigenvalue weighted by Crippen LogP contribution is -2.42. The first kappa shape index (κ1) is 14.8. The standard InChI is InChI=1S/C14H20N2O3S/c1-8-3-4-10(7-9(8)2)15-14(19)16-12-11(13(17)18)5-6-20-12/h5-6,8-10H,3-4,7H2,1-2H3,(H,17,18)(H2,15,16,19). The zero-order chi connectivity index (χ0) is 14.7. The minimum absolute atomic E-state index is 0.135. The number of urea groups is 1. The lowest BCUT2D eigenvalue weighted by atomic mass is 9.79. The number of amides is 2. The number of carbonyl (C=O) groups is 2. The van der Waals surface area contributed by atoms with Crippen molar-refractivity contribution in [1.82, 2.24) is 5.32 Å². The van der Waals surface area contributed by atoms with E-state index in [1.54, 1.807) is 5.38 Å². The number of anilines is 1. The van der Waals surface area contributed by atoms with Gasteiger partial charge in [-0.1, -0.05) is 13.8 Å². The fraction of sp³-hybridized carbons (Fsp3) is 0.571. The summed E-state index contributed by atoms with van der Waals surface area (Å²) in [7, 11) is 0. The third-order valence-electron chi connectivity index (χ3n) is 4.06. The van der Waals surface area contributed by atoms with Crippen molar-refractivity contribution in [3.63, 3.8) is 0 Å². The Morgan fingerprint density at radius 3 is 2.70 bits per heavy atom. The van der Waals surface area contributed by atoms with E-state index in [9.17, 15) is 9.59 Å². The van der Waals surface area contributed by atoms with E-state index in [0.29, 0.717) is 16.8 Å². The van der Waals surface area contributed by atoms with Crippen LogP contribution in [0.2, 0.25) is 0 Å². The van der Waals surface area contributed by atoms with E-state index in [1.807, 2.05) is 0 Å². The van der Waals surface area contributed by atoms with Crippen molar-refractivity contribution in [2.24, 2.45) is 11.8 Å². The molecule has 1 aliphatic carbocycles. The van der Waals surface area contributed by atoms with Crippen LogP contribution in [0, 0.1) is 11.8 Å². The second-order valence-corrected chi connectivity index (χ2v) is 6.45. The van der Waals surface area contributed by atoms with Gasteiger partial charge >= 0.3 is 12.0 Å². The van der Waals surface area contributed by atoms with Gasteiger partial charge in [0.15, 0.2) is 0 Å². The van der Waals surface area contributed by atoms with E-state index in [4.69, 9.17) is 5.11 Å². The average molecular weight is 296 g/mol. The van der Waals surface area contributed by atoms with Crippen LogP contribution in [0.25, 0.3) is 0 Å². The van der Waals surface area contributed by atoms with E-state index in [-0.39, 0.29) is 17.6 Å². The van der Waals surface area contributed by atoms with Crippen molar-refractivity contribution < 1.29 is 14.7 Å². The van der Waals surface area contributed by atoms with Gasteiger partial charge < -0.3 is 10.4 Å². The molecule has 0 bridgehead atoms. The maximum absolute atomic E-state index is 11.9. The van der Waals surface area contributed by atoms with Crippen LogP contribution in [0.15, 0.2) is 11.4 Å². The minimum atomic E-state index is -1.03. The van der Waals surface area contributed by atoms with Crippen molar-refractivity contribution in [3.8, 4) is 0 Å². The number of carboxylic acid groups (broad SMARTS) is 1. The number of rotatable bonds is 3. The smallest absolute Gasteiger partial charge is 0.338 e. The zero-order valence-electron chi connectivity index (χ0n) is 11.7. The van der Waals surface area contributed by atoms with Crippen LogP contribution in [-0.4, -0.2) is 23.1 Å². The molecule has 1 aliphatic rings. The molecular weight excluding hydrogens is 276 g/mol. The van der Waals surface area contributed by atoms with Crippen LogP contribution in [-0.2, 0) is 0 Å².